The SMILES string of the molecule is CCC1CCC(C(=O)O)C(SCCCOC)C1. The Labute approximate surface area is 108 Å². The van der Waals surface area contributed by atoms with Crippen LogP contribution in [0.15, 0.2) is 0 Å². The van der Waals surface area contributed by atoms with Crippen LogP contribution in [-0.4, -0.2) is 35.8 Å². The number of ether oxygens (including phenoxy) is 1. The van der Waals surface area contributed by atoms with E-state index < -0.39 is 5.97 Å². The van der Waals surface area contributed by atoms with Gasteiger partial charge in [-0.2, -0.15) is 11.8 Å². The topological polar surface area (TPSA) is 46.5 Å². The summed E-state index contributed by atoms with van der Waals surface area (Å²) < 4.78 is 5.02. The largest absolute Gasteiger partial charge is 0.481 e. The van der Waals surface area contributed by atoms with E-state index in [2.05, 4.69) is 6.92 Å². The van der Waals surface area contributed by atoms with E-state index in [1.54, 1.807) is 7.11 Å². The van der Waals surface area contributed by atoms with Crippen LogP contribution in [0.2, 0.25) is 0 Å². The molecule has 3 atom stereocenters. The van der Waals surface area contributed by atoms with Crippen molar-refractivity contribution < 1.29 is 14.6 Å². The Morgan fingerprint density at radius 2 is 2.24 bits per heavy atom. The van der Waals surface area contributed by atoms with Crippen molar-refractivity contribution in [1.29, 1.82) is 0 Å². The summed E-state index contributed by atoms with van der Waals surface area (Å²) in [6, 6.07) is 0. The highest BCUT2D eigenvalue weighted by Crippen LogP contribution is 2.38. The molecule has 0 heterocycles. The third kappa shape index (κ3) is 4.88. The van der Waals surface area contributed by atoms with Gasteiger partial charge in [0.05, 0.1) is 5.92 Å². The van der Waals surface area contributed by atoms with Gasteiger partial charge in [0.1, 0.15) is 0 Å². The van der Waals surface area contributed by atoms with E-state index in [-0.39, 0.29) is 5.92 Å². The van der Waals surface area contributed by atoms with E-state index in [9.17, 15) is 9.90 Å². The molecule has 1 aliphatic rings. The molecule has 100 valence electrons. The van der Waals surface area contributed by atoms with Crippen LogP contribution in [0.1, 0.15) is 39.0 Å². The fourth-order valence-corrected chi connectivity index (χ4v) is 3.97. The van der Waals surface area contributed by atoms with Gasteiger partial charge in [-0.15, -0.1) is 0 Å². The molecule has 0 bridgehead atoms. The Bertz CT molecular complexity index is 233. The predicted octanol–water partition coefficient (Wildman–Crippen LogP) is 3.04. The first-order valence-electron chi connectivity index (χ1n) is 6.52. The minimum atomic E-state index is -0.608. The van der Waals surface area contributed by atoms with Gasteiger partial charge in [0.2, 0.25) is 0 Å². The molecule has 4 heteroatoms. The lowest BCUT2D eigenvalue weighted by molar-refractivity contribution is -0.142. The summed E-state index contributed by atoms with van der Waals surface area (Å²) in [6.07, 6.45) is 5.21. The fraction of sp³-hybridized carbons (Fsp3) is 0.923. The molecule has 3 nitrogen and oxygen atoms in total. The van der Waals surface area contributed by atoms with Gasteiger partial charge in [0.15, 0.2) is 0 Å². The van der Waals surface area contributed by atoms with E-state index in [4.69, 9.17) is 4.74 Å². The normalized spacial score (nSPS) is 29.2. The molecule has 1 fully saturated rings. The number of hydrogen-bond donors (Lipinski definition) is 1. The molecule has 1 aliphatic carbocycles. The summed E-state index contributed by atoms with van der Waals surface area (Å²) in [7, 11) is 1.71. The van der Waals surface area contributed by atoms with Crippen LogP contribution in [0, 0.1) is 11.8 Å². The van der Waals surface area contributed by atoms with Gasteiger partial charge in [0, 0.05) is 19.0 Å². The van der Waals surface area contributed by atoms with Crippen molar-refractivity contribution in [2.24, 2.45) is 11.8 Å². The van der Waals surface area contributed by atoms with Gasteiger partial charge < -0.3 is 9.84 Å². The van der Waals surface area contributed by atoms with Crippen LogP contribution >= 0.6 is 11.8 Å². The number of carboxylic acids is 1. The molecule has 0 radical (unpaired) electrons. The molecular formula is C13H24O3S. The molecule has 0 aromatic heterocycles. The van der Waals surface area contributed by atoms with Gasteiger partial charge in [-0.05, 0) is 37.4 Å². The van der Waals surface area contributed by atoms with E-state index in [0.717, 1.165) is 44.0 Å². The minimum absolute atomic E-state index is 0.134. The molecule has 0 aromatic rings. The van der Waals surface area contributed by atoms with Gasteiger partial charge in [-0.25, -0.2) is 0 Å². The van der Waals surface area contributed by atoms with Crippen molar-refractivity contribution in [3.63, 3.8) is 0 Å². The maximum atomic E-state index is 11.2. The first kappa shape index (κ1) is 14.8. The zero-order valence-corrected chi connectivity index (χ0v) is 11.7. The monoisotopic (exact) mass is 260 g/mol. The highest BCUT2D eigenvalue weighted by Gasteiger charge is 2.34. The Hall–Kier alpha value is -0.220. The van der Waals surface area contributed by atoms with Crippen molar-refractivity contribution in [1.82, 2.24) is 0 Å². The number of carboxylic acid groups (broad SMARTS) is 1. The number of rotatable bonds is 7. The predicted molar refractivity (Wildman–Crippen MR) is 71.5 cm³/mol. The van der Waals surface area contributed by atoms with Gasteiger partial charge in [-0.1, -0.05) is 13.3 Å². The molecule has 0 amide bonds. The fourth-order valence-electron chi connectivity index (χ4n) is 2.49. The molecular weight excluding hydrogens is 236 g/mol. The summed E-state index contributed by atoms with van der Waals surface area (Å²) in [6.45, 7) is 2.98. The van der Waals surface area contributed by atoms with Crippen LogP contribution in [-0.2, 0) is 9.53 Å². The van der Waals surface area contributed by atoms with Crippen LogP contribution in [0.4, 0.5) is 0 Å². The number of thioether (sulfide) groups is 1. The Morgan fingerprint density at radius 3 is 2.82 bits per heavy atom. The van der Waals surface area contributed by atoms with E-state index >= 15 is 0 Å². The molecule has 0 aromatic carbocycles. The Kier molecular flexibility index (Phi) is 6.97. The molecule has 1 N–H and O–H groups in total. The van der Waals surface area contributed by atoms with Crippen LogP contribution in [0.5, 0.6) is 0 Å². The first-order chi connectivity index (χ1) is 8.19. The van der Waals surface area contributed by atoms with Crippen molar-refractivity contribution in [3.05, 3.63) is 0 Å². The zero-order chi connectivity index (χ0) is 12.7. The molecule has 1 rings (SSSR count). The molecule has 0 saturated heterocycles. The van der Waals surface area contributed by atoms with E-state index in [1.807, 2.05) is 11.8 Å². The lowest BCUT2D eigenvalue weighted by Crippen LogP contribution is -2.33. The standard InChI is InChI=1S/C13H24O3S/c1-3-10-5-6-11(13(14)15)12(9-10)17-8-4-7-16-2/h10-12H,3-9H2,1-2H3,(H,14,15). The first-order valence-corrected chi connectivity index (χ1v) is 7.57. The van der Waals surface area contributed by atoms with Crippen LogP contribution in [0.25, 0.3) is 0 Å². The van der Waals surface area contributed by atoms with Crippen LogP contribution < -0.4 is 0 Å². The minimum Gasteiger partial charge on any atom is -0.481 e. The maximum absolute atomic E-state index is 11.2. The van der Waals surface area contributed by atoms with Gasteiger partial charge in [0.25, 0.3) is 0 Å². The average Bonchev–Trinajstić information content (AvgIpc) is 2.34. The van der Waals surface area contributed by atoms with Crippen molar-refractivity contribution in [2.75, 3.05) is 19.5 Å². The third-order valence-electron chi connectivity index (χ3n) is 3.62. The van der Waals surface area contributed by atoms with E-state index in [1.165, 1.54) is 6.42 Å². The summed E-state index contributed by atoms with van der Waals surface area (Å²) >= 11 is 1.83. The van der Waals surface area contributed by atoms with Crippen LogP contribution in [0.3, 0.4) is 0 Å². The molecule has 3 unspecified atom stereocenters. The summed E-state index contributed by atoms with van der Waals surface area (Å²) in [4.78, 5) is 11.2. The van der Waals surface area contributed by atoms with Crippen molar-refractivity contribution >= 4 is 17.7 Å². The van der Waals surface area contributed by atoms with Crippen molar-refractivity contribution in [2.45, 2.75) is 44.3 Å². The molecule has 0 aliphatic heterocycles. The van der Waals surface area contributed by atoms with Gasteiger partial charge in [-0.3, -0.25) is 4.79 Å². The maximum Gasteiger partial charge on any atom is 0.307 e. The lowest BCUT2D eigenvalue weighted by Gasteiger charge is -2.33. The number of aliphatic carboxylic acids is 1. The summed E-state index contributed by atoms with van der Waals surface area (Å²) in [5.41, 5.74) is 0. The second-order valence-electron chi connectivity index (χ2n) is 4.79. The quantitative estimate of drug-likeness (QED) is 0.715. The molecule has 1 saturated carbocycles. The number of carbonyl (C=O) groups is 1. The third-order valence-corrected chi connectivity index (χ3v) is 5.09. The number of hydrogen-bond acceptors (Lipinski definition) is 3. The summed E-state index contributed by atoms with van der Waals surface area (Å²) in [5, 5.41) is 9.54. The summed E-state index contributed by atoms with van der Waals surface area (Å²) in [5.74, 6) is 0.998. The average molecular weight is 260 g/mol. The smallest absolute Gasteiger partial charge is 0.307 e. The number of methoxy groups -OCH3 is 1. The highest BCUT2D eigenvalue weighted by atomic mass is 32.2. The van der Waals surface area contributed by atoms with E-state index in [0.29, 0.717) is 5.25 Å². The molecule has 0 spiro atoms. The molecule has 17 heavy (non-hydrogen) atoms. The second kappa shape index (κ2) is 7.98. The highest BCUT2D eigenvalue weighted by molar-refractivity contribution is 7.99. The van der Waals surface area contributed by atoms with Gasteiger partial charge >= 0.3 is 5.97 Å². The second-order valence-corrected chi connectivity index (χ2v) is 6.13. The lowest BCUT2D eigenvalue weighted by atomic mass is 9.80. The zero-order valence-electron chi connectivity index (χ0n) is 10.9. The Balaban J connectivity index is 2.40. The van der Waals surface area contributed by atoms with Crippen molar-refractivity contribution in [3.8, 4) is 0 Å². The Morgan fingerprint density at radius 1 is 1.47 bits per heavy atom.